The molecule has 0 aliphatic rings. The molecule has 0 unspecified atom stereocenters. The average molecular weight is 276 g/mol. The summed E-state index contributed by atoms with van der Waals surface area (Å²) in [6.45, 7) is 13.1. The van der Waals surface area contributed by atoms with E-state index in [0.717, 1.165) is 0 Å². The number of carbonyl (C=O) groups excluding carboxylic acids is 1. The number of rotatable bonds is 4. The molecule has 0 aliphatic heterocycles. The number of hydrogen-bond acceptors (Lipinski definition) is 2. The predicted octanol–water partition coefficient (Wildman–Crippen LogP) is 2.73. The van der Waals surface area contributed by atoms with Crippen LogP contribution in [0.4, 0.5) is 0 Å². The number of carbonyl (C=O) groups is 1. The van der Waals surface area contributed by atoms with Gasteiger partial charge in [0.1, 0.15) is 0 Å². The van der Waals surface area contributed by atoms with Gasteiger partial charge < -0.3 is 11.1 Å². The molecular weight excluding hydrogens is 248 g/mol. The average Bonchev–Trinajstić information content (AvgIpc) is 2.35. The van der Waals surface area contributed by atoms with Gasteiger partial charge in [-0.25, -0.2) is 0 Å². The summed E-state index contributed by atoms with van der Waals surface area (Å²) in [6, 6.07) is 8.18. The normalized spacial score (nSPS) is 13.9. The second-order valence-electron chi connectivity index (χ2n) is 7.22. The standard InChI is InChI=1S/C17H28N2O/c1-12(18)15(20)19-11-17(5,6)14-9-7-13(8-10-14)16(2,3)4/h7-10,12H,11,18H2,1-6H3,(H,19,20)/t12-/m1/s1. The Morgan fingerprint density at radius 3 is 1.95 bits per heavy atom. The minimum Gasteiger partial charge on any atom is -0.354 e. The van der Waals surface area contributed by atoms with Crippen LogP contribution in [0.1, 0.15) is 52.7 Å². The molecule has 20 heavy (non-hydrogen) atoms. The van der Waals surface area contributed by atoms with Crippen LogP contribution in [0.2, 0.25) is 0 Å². The fraction of sp³-hybridized carbons (Fsp3) is 0.588. The zero-order valence-electron chi connectivity index (χ0n) is 13.6. The first-order chi connectivity index (χ1) is 9.04. The summed E-state index contributed by atoms with van der Waals surface area (Å²) >= 11 is 0. The van der Waals surface area contributed by atoms with E-state index in [1.807, 2.05) is 0 Å². The molecule has 3 nitrogen and oxygen atoms in total. The van der Waals surface area contributed by atoms with Gasteiger partial charge in [0.2, 0.25) is 5.91 Å². The maximum Gasteiger partial charge on any atom is 0.236 e. The Labute approximate surface area is 122 Å². The minimum absolute atomic E-state index is 0.107. The number of nitrogens with one attached hydrogen (secondary N) is 1. The third kappa shape index (κ3) is 4.34. The Bertz CT molecular complexity index is 453. The highest BCUT2D eigenvalue weighted by atomic mass is 16.2. The van der Waals surface area contributed by atoms with Crippen LogP contribution in [0.15, 0.2) is 24.3 Å². The van der Waals surface area contributed by atoms with E-state index in [0.29, 0.717) is 6.54 Å². The van der Waals surface area contributed by atoms with E-state index in [1.165, 1.54) is 11.1 Å². The molecule has 1 amide bonds. The molecule has 1 atom stereocenters. The van der Waals surface area contributed by atoms with Crippen molar-refractivity contribution in [1.29, 1.82) is 0 Å². The SMILES string of the molecule is C[C@@H](N)C(=O)NCC(C)(C)c1ccc(C(C)(C)C)cc1. The van der Waals surface area contributed by atoms with Crippen molar-refractivity contribution < 1.29 is 4.79 Å². The summed E-state index contributed by atoms with van der Waals surface area (Å²) in [4.78, 5) is 11.6. The molecule has 0 saturated carbocycles. The van der Waals surface area contributed by atoms with E-state index < -0.39 is 6.04 Å². The largest absolute Gasteiger partial charge is 0.354 e. The van der Waals surface area contributed by atoms with E-state index in [9.17, 15) is 4.79 Å². The zero-order valence-corrected chi connectivity index (χ0v) is 13.6. The molecule has 0 radical (unpaired) electrons. The van der Waals surface area contributed by atoms with Gasteiger partial charge in [0.25, 0.3) is 0 Å². The number of nitrogens with two attached hydrogens (primary N) is 1. The molecule has 0 bridgehead atoms. The lowest BCUT2D eigenvalue weighted by Gasteiger charge is -2.27. The van der Waals surface area contributed by atoms with Crippen molar-refractivity contribution in [3.05, 3.63) is 35.4 Å². The minimum atomic E-state index is -0.464. The fourth-order valence-corrected chi connectivity index (χ4v) is 1.99. The van der Waals surface area contributed by atoms with Gasteiger partial charge in [0.05, 0.1) is 6.04 Å². The maximum atomic E-state index is 11.6. The molecule has 0 heterocycles. The Hall–Kier alpha value is -1.35. The Balaban J connectivity index is 2.80. The van der Waals surface area contributed by atoms with Crippen LogP contribution in [0.25, 0.3) is 0 Å². The highest BCUT2D eigenvalue weighted by molar-refractivity contribution is 5.81. The lowest BCUT2D eigenvalue weighted by molar-refractivity contribution is -0.122. The van der Waals surface area contributed by atoms with Gasteiger partial charge in [-0.15, -0.1) is 0 Å². The van der Waals surface area contributed by atoms with Crippen molar-refractivity contribution in [2.24, 2.45) is 5.73 Å². The second-order valence-corrected chi connectivity index (χ2v) is 7.22. The first-order valence-corrected chi connectivity index (χ1v) is 7.18. The maximum absolute atomic E-state index is 11.6. The van der Waals surface area contributed by atoms with Crippen LogP contribution in [-0.2, 0) is 15.6 Å². The van der Waals surface area contributed by atoms with Crippen LogP contribution in [0.3, 0.4) is 0 Å². The first kappa shape index (κ1) is 16.7. The van der Waals surface area contributed by atoms with Gasteiger partial charge >= 0.3 is 0 Å². The molecule has 1 aromatic rings. The van der Waals surface area contributed by atoms with Gasteiger partial charge in [-0.2, -0.15) is 0 Å². The fourth-order valence-electron chi connectivity index (χ4n) is 1.99. The third-order valence-corrected chi connectivity index (χ3v) is 3.65. The van der Waals surface area contributed by atoms with E-state index in [4.69, 9.17) is 5.73 Å². The molecule has 1 rings (SSSR count). The predicted molar refractivity (Wildman–Crippen MR) is 84.8 cm³/mol. The van der Waals surface area contributed by atoms with Crippen molar-refractivity contribution in [1.82, 2.24) is 5.32 Å². The van der Waals surface area contributed by atoms with E-state index in [1.54, 1.807) is 6.92 Å². The van der Waals surface area contributed by atoms with Crippen molar-refractivity contribution >= 4 is 5.91 Å². The van der Waals surface area contributed by atoms with Gasteiger partial charge in [-0.05, 0) is 23.5 Å². The Kier molecular flexibility index (Phi) is 4.98. The van der Waals surface area contributed by atoms with Crippen molar-refractivity contribution in [3.8, 4) is 0 Å². The van der Waals surface area contributed by atoms with E-state index >= 15 is 0 Å². The number of benzene rings is 1. The van der Waals surface area contributed by atoms with E-state index in [-0.39, 0.29) is 16.7 Å². The first-order valence-electron chi connectivity index (χ1n) is 7.18. The van der Waals surface area contributed by atoms with Crippen LogP contribution < -0.4 is 11.1 Å². The Morgan fingerprint density at radius 1 is 1.10 bits per heavy atom. The summed E-state index contributed by atoms with van der Waals surface area (Å²) in [5.74, 6) is -0.107. The number of hydrogen-bond donors (Lipinski definition) is 2. The highest BCUT2D eigenvalue weighted by Gasteiger charge is 2.23. The van der Waals surface area contributed by atoms with Gasteiger partial charge in [-0.3, -0.25) is 4.79 Å². The van der Waals surface area contributed by atoms with Crippen LogP contribution in [0, 0.1) is 0 Å². The van der Waals surface area contributed by atoms with Crippen molar-refractivity contribution in [2.45, 2.75) is 58.4 Å². The monoisotopic (exact) mass is 276 g/mol. The van der Waals surface area contributed by atoms with Gasteiger partial charge in [-0.1, -0.05) is 58.9 Å². The lowest BCUT2D eigenvalue weighted by Crippen LogP contribution is -2.43. The zero-order chi connectivity index (χ0) is 15.6. The highest BCUT2D eigenvalue weighted by Crippen LogP contribution is 2.27. The summed E-state index contributed by atoms with van der Waals surface area (Å²) in [5, 5.41) is 2.90. The third-order valence-electron chi connectivity index (χ3n) is 3.65. The molecule has 0 aliphatic carbocycles. The quantitative estimate of drug-likeness (QED) is 0.888. The molecule has 1 aromatic carbocycles. The molecule has 112 valence electrons. The number of amides is 1. The smallest absolute Gasteiger partial charge is 0.236 e. The molecule has 0 spiro atoms. The molecule has 0 aromatic heterocycles. The van der Waals surface area contributed by atoms with E-state index in [2.05, 4.69) is 64.2 Å². The van der Waals surface area contributed by atoms with Gasteiger partial charge in [0, 0.05) is 12.0 Å². The molecule has 3 N–H and O–H groups in total. The van der Waals surface area contributed by atoms with Crippen molar-refractivity contribution in [2.75, 3.05) is 6.54 Å². The Morgan fingerprint density at radius 2 is 1.55 bits per heavy atom. The van der Waals surface area contributed by atoms with Crippen LogP contribution in [0.5, 0.6) is 0 Å². The van der Waals surface area contributed by atoms with Crippen molar-refractivity contribution in [3.63, 3.8) is 0 Å². The summed E-state index contributed by atoms with van der Waals surface area (Å²) in [7, 11) is 0. The summed E-state index contributed by atoms with van der Waals surface area (Å²) in [6.07, 6.45) is 0. The molecule has 3 heteroatoms. The van der Waals surface area contributed by atoms with Crippen LogP contribution in [-0.4, -0.2) is 18.5 Å². The summed E-state index contributed by atoms with van der Waals surface area (Å²) in [5.41, 5.74) is 8.14. The topological polar surface area (TPSA) is 55.1 Å². The second kappa shape index (κ2) is 5.96. The summed E-state index contributed by atoms with van der Waals surface area (Å²) < 4.78 is 0. The molecule has 0 saturated heterocycles. The van der Waals surface area contributed by atoms with Gasteiger partial charge in [0.15, 0.2) is 0 Å². The molecule has 0 fully saturated rings. The lowest BCUT2D eigenvalue weighted by atomic mass is 9.81. The molecular formula is C17H28N2O. The van der Waals surface area contributed by atoms with Crippen LogP contribution >= 0.6 is 0 Å².